The second-order valence-electron chi connectivity index (χ2n) is 7.56. The number of allylic oxidation sites excluding steroid dienone is 1. The number of nitriles is 1. The molecule has 0 amide bonds. The third kappa shape index (κ3) is 4.80. The van der Waals surface area contributed by atoms with Gasteiger partial charge in [0.25, 0.3) is 0 Å². The van der Waals surface area contributed by atoms with Crippen LogP contribution in [0.2, 0.25) is 0 Å². The quantitative estimate of drug-likeness (QED) is 0.479. The Morgan fingerprint density at radius 2 is 1.91 bits per heavy atom. The summed E-state index contributed by atoms with van der Waals surface area (Å²) in [5.74, 6) is 0.816. The summed E-state index contributed by atoms with van der Waals surface area (Å²) in [6.45, 7) is 6.63. The number of amidine groups is 1. The van der Waals surface area contributed by atoms with Crippen LogP contribution in [0.15, 0.2) is 70.3 Å². The van der Waals surface area contributed by atoms with Crippen LogP contribution in [-0.4, -0.2) is 29.3 Å². The van der Waals surface area contributed by atoms with E-state index in [2.05, 4.69) is 11.1 Å². The van der Waals surface area contributed by atoms with E-state index in [1.165, 1.54) is 11.8 Å². The molecule has 8 heteroatoms. The van der Waals surface area contributed by atoms with Crippen LogP contribution in [0.5, 0.6) is 11.5 Å². The van der Waals surface area contributed by atoms with Crippen molar-refractivity contribution in [2.24, 2.45) is 4.99 Å². The molecule has 0 N–H and O–H groups in total. The largest absolute Gasteiger partial charge is 0.490 e. The zero-order chi connectivity index (χ0) is 24.1. The van der Waals surface area contributed by atoms with Crippen LogP contribution in [0.3, 0.4) is 0 Å². The zero-order valence-corrected chi connectivity index (χ0v) is 20.1. The second kappa shape index (κ2) is 10.5. The second-order valence-corrected chi connectivity index (χ2v) is 8.44. The lowest BCUT2D eigenvalue weighted by molar-refractivity contribution is -0.139. The minimum absolute atomic E-state index is 0.288. The highest BCUT2D eigenvalue weighted by Crippen LogP contribution is 2.43. The molecule has 4 rings (SSSR count). The molecule has 1 atom stereocenters. The Morgan fingerprint density at radius 3 is 2.62 bits per heavy atom. The van der Waals surface area contributed by atoms with Crippen LogP contribution in [0, 0.1) is 11.3 Å². The van der Waals surface area contributed by atoms with Crippen molar-refractivity contribution in [3.05, 3.63) is 82.0 Å². The lowest BCUT2D eigenvalue weighted by atomic mass is 9.94. The monoisotopic (exact) mass is 475 g/mol. The van der Waals surface area contributed by atoms with E-state index in [0.29, 0.717) is 41.5 Å². The number of aliphatic imine (C=N–C) groups is 1. The maximum atomic E-state index is 12.9. The number of rotatable bonds is 8. The first-order valence-corrected chi connectivity index (χ1v) is 11.9. The average molecular weight is 476 g/mol. The summed E-state index contributed by atoms with van der Waals surface area (Å²) in [4.78, 5) is 19.5. The first kappa shape index (κ1) is 23.5. The maximum Gasteiger partial charge on any atom is 0.338 e. The lowest BCUT2D eigenvalue weighted by Crippen LogP contribution is -2.34. The van der Waals surface area contributed by atoms with E-state index >= 15 is 0 Å². The van der Waals surface area contributed by atoms with Gasteiger partial charge < -0.3 is 19.1 Å². The van der Waals surface area contributed by atoms with Gasteiger partial charge in [-0.3, -0.25) is 0 Å². The Labute approximate surface area is 203 Å². The van der Waals surface area contributed by atoms with Gasteiger partial charge in [-0.05, 0) is 61.6 Å². The van der Waals surface area contributed by atoms with Crippen LogP contribution in [0.4, 0.5) is 0 Å². The van der Waals surface area contributed by atoms with Gasteiger partial charge in [0, 0.05) is 6.20 Å². The third-order valence-electron chi connectivity index (χ3n) is 5.38. The average Bonchev–Trinajstić information content (AvgIpc) is 3.31. The molecule has 2 aliphatic rings. The number of carbonyl (C=O) groups excluding carboxylic acids is 1. The van der Waals surface area contributed by atoms with Crippen molar-refractivity contribution in [3.63, 3.8) is 0 Å². The van der Waals surface area contributed by atoms with Gasteiger partial charge in [-0.25, -0.2) is 9.79 Å². The summed E-state index contributed by atoms with van der Waals surface area (Å²) in [6, 6.07) is 14.7. The molecule has 0 radical (unpaired) electrons. The molecule has 7 nitrogen and oxygen atoms in total. The molecule has 0 unspecified atom stereocenters. The molecule has 2 aliphatic heterocycles. The number of hydrogen-bond acceptors (Lipinski definition) is 8. The van der Waals surface area contributed by atoms with Crippen molar-refractivity contribution in [1.29, 1.82) is 5.26 Å². The molecular formula is C26H25N3O4S. The van der Waals surface area contributed by atoms with Crippen LogP contribution in [0.1, 0.15) is 43.5 Å². The highest BCUT2D eigenvalue weighted by Gasteiger charge is 2.37. The molecule has 0 saturated carbocycles. The van der Waals surface area contributed by atoms with Gasteiger partial charge in [-0.15, -0.1) is 0 Å². The summed E-state index contributed by atoms with van der Waals surface area (Å²) in [5.41, 5.74) is 3.57. The van der Waals surface area contributed by atoms with Gasteiger partial charge in [0.2, 0.25) is 0 Å². The van der Waals surface area contributed by atoms with Gasteiger partial charge in [-0.2, -0.15) is 5.26 Å². The molecule has 0 fully saturated rings. The number of nitrogens with zero attached hydrogens (tertiary/aromatic N) is 3. The minimum Gasteiger partial charge on any atom is -0.490 e. The SMILES string of the molecule is CCOC(=O)C1=C(C)N=C2SC=CN2[C@H]1c1ccc(OCc2ccc(C#N)cc2)c(OCC)c1. The Morgan fingerprint density at radius 1 is 1.12 bits per heavy atom. The number of thioether (sulfide) groups is 1. The summed E-state index contributed by atoms with van der Waals surface area (Å²) in [6.07, 6.45) is 1.93. The molecule has 0 aliphatic carbocycles. The zero-order valence-electron chi connectivity index (χ0n) is 19.3. The molecule has 34 heavy (non-hydrogen) atoms. The Balaban J connectivity index is 1.65. The maximum absolute atomic E-state index is 12.9. The molecule has 0 saturated heterocycles. The van der Waals surface area contributed by atoms with Crippen molar-refractivity contribution in [2.45, 2.75) is 33.4 Å². The fraction of sp³-hybridized carbons (Fsp3) is 0.269. The van der Waals surface area contributed by atoms with Crippen LogP contribution >= 0.6 is 11.8 Å². The van der Waals surface area contributed by atoms with E-state index in [1.807, 2.05) is 60.7 Å². The fourth-order valence-corrected chi connectivity index (χ4v) is 4.61. The number of ether oxygens (including phenoxy) is 3. The molecule has 2 heterocycles. The summed E-state index contributed by atoms with van der Waals surface area (Å²) < 4.78 is 17.3. The topological polar surface area (TPSA) is 84.1 Å². The highest BCUT2D eigenvalue weighted by atomic mass is 32.2. The first-order valence-electron chi connectivity index (χ1n) is 11.0. The Hall–Kier alpha value is -3.70. The van der Waals surface area contributed by atoms with Gasteiger partial charge >= 0.3 is 5.97 Å². The van der Waals surface area contributed by atoms with Crippen molar-refractivity contribution < 1.29 is 19.0 Å². The Kier molecular flexibility index (Phi) is 7.24. The van der Waals surface area contributed by atoms with E-state index in [0.717, 1.165) is 16.3 Å². The smallest absolute Gasteiger partial charge is 0.338 e. The summed E-state index contributed by atoms with van der Waals surface area (Å²) in [7, 11) is 0. The highest BCUT2D eigenvalue weighted by molar-refractivity contribution is 8.16. The number of fused-ring (bicyclic) bond motifs is 1. The van der Waals surface area contributed by atoms with Crippen LogP contribution < -0.4 is 9.47 Å². The summed E-state index contributed by atoms with van der Waals surface area (Å²) >= 11 is 1.51. The van der Waals surface area contributed by atoms with E-state index < -0.39 is 0 Å². The number of hydrogen-bond donors (Lipinski definition) is 0. The van der Waals surface area contributed by atoms with Gasteiger partial charge in [0.05, 0.1) is 42.2 Å². The third-order valence-corrected chi connectivity index (χ3v) is 6.15. The van der Waals surface area contributed by atoms with Gasteiger partial charge in [0.1, 0.15) is 6.61 Å². The normalized spacial score (nSPS) is 16.6. The molecule has 2 aromatic rings. The van der Waals surface area contributed by atoms with Crippen molar-refractivity contribution in [1.82, 2.24) is 4.90 Å². The molecule has 0 aromatic heterocycles. The predicted molar refractivity (Wildman–Crippen MR) is 131 cm³/mol. The number of esters is 1. The van der Waals surface area contributed by atoms with E-state index in [4.69, 9.17) is 19.5 Å². The lowest BCUT2D eigenvalue weighted by Gasteiger charge is -2.33. The summed E-state index contributed by atoms with van der Waals surface area (Å²) in [5, 5.41) is 11.7. The molecule has 2 aromatic carbocycles. The van der Waals surface area contributed by atoms with E-state index in [9.17, 15) is 4.79 Å². The van der Waals surface area contributed by atoms with Crippen LogP contribution in [0.25, 0.3) is 0 Å². The Bertz CT molecular complexity index is 1210. The fourth-order valence-electron chi connectivity index (χ4n) is 3.82. The van der Waals surface area contributed by atoms with Gasteiger partial charge in [-0.1, -0.05) is 30.0 Å². The first-order chi connectivity index (χ1) is 16.5. The van der Waals surface area contributed by atoms with E-state index in [-0.39, 0.29) is 18.6 Å². The van der Waals surface area contributed by atoms with Crippen molar-refractivity contribution >= 4 is 22.9 Å². The molecule has 0 bridgehead atoms. The van der Waals surface area contributed by atoms with E-state index in [1.54, 1.807) is 19.1 Å². The molecule has 0 spiro atoms. The molecular weight excluding hydrogens is 450 g/mol. The van der Waals surface area contributed by atoms with Crippen LogP contribution in [-0.2, 0) is 16.1 Å². The standard InChI is InChI=1S/C26H25N3O4S/c1-4-31-22-14-20(10-11-21(22)33-16-19-8-6-18(15-27)7-9-19)24-23(25(30)32-5-2)17(3)28-26-29(24)12-13-34-26/h6-14,24H,4-5,16H2,1-3H3/t24-/m0/s1. The number of benzene rings is 2. The predicted octanol–water partition coefficient (Wildman–Crippen LogP) is 5.30. The molecule has 174 valence electrons. The van der Waals surface area contributed by atoms with Crippen molar-refractivity contribution in [3.8, 4) is 17.6 Å². The van der Waals surface area contributed by atoms with Crippen molar-refractivity contribution in [2.75, 3.05) is 13.2 Å². The van der Waals surface area contributed by atoms with Gasteiger partial charge in [0.15, 0.2) is 16.7 Å². The minimum atomic E-state index is -0.385. The number of carbonyl (C=O) groups is 1.